The Bertz CT molecular complexity index is 989. The number of likely N-dealkylation sites (N-methyl/N-ethyl adjacent to an activating group) is 1. The van der Waals surface area contributed by atoms with Crippen molar-refractivity contribution in [2.45, 2.75) is 19.1 Å². The molecule has 1 unspecified atom stereocenters. The molecule has 1 atom stereocenters. The Morgan fingerprint density at radius 1 is 1.07 bits per heavy atom. The highest BCUT2D eigenvalue weighted by Gasteiger charge is 2.32. The van der Waals surface area contributed by atoms with E-state index in [0.717, 1.165) is 22.4 Å². The summed E-state index contributed by atoms with van der Waals surface area (Å²) in [5.74, 6) is 0.318. The zero-order valence-electron chi connectivity index (χ0n) is 15.8. The van der Waals surface area contributed by atoms with Crippen LogP contribution in [-0.4, -0.2) is 39.8 Å². The van der Waals surface area contributed by atoms with E-state index in [1.165, 1.54) is 12.1 Å². The number of fused-ring (bicyclic) bond motifs is 1. The molecule has 5 nitrogen and oxygen atoms in total. The number of hydrogen-bond acceptors (Lipinski definition) is 4. The molecule has 0 aliphatic carbocycles. The summed E-state index contributed by atoms with van der Waals surface area (Å²) >= 11 is 0. The second-order valence-electron chi connectivity index (χ2n) is 7.14. The zero-order chi connectivity index (χ0) is 19.7. The van der Waals surface area contributed by atoms with Gasteiger partial charge in [-0.05, 0) is 31.8 Å². The van der Waals surface area contributed by atoms with Crippen molar-refractivity contribution in [1.82, 2.24) is 19.8 Å². The molecule has 1 aliphatic rings. The summed E-state index contributed by atoms with van der Waals surface area (Å²) < 4.78 is 13.3. The predicted molar refractivity (Wildman–Crippen MR) is 105 cm³/mol. The predicted octanol–water partition coefficient (Wildman–Crippen LogP) is 3.43. The summed E-state index contributed by atoms with van der Waals surface area (Å²) in [6.07, 6.45) is 1.81. The number of benzene rings is 2. The van der Waals surface area contributed by atoms with Gasteiger partial charge in [-0.2, -0.15) is 0 Å². The largest absolute Gasteiger partial charge is 0.331 e. The number of nitrogens with zero attached hydrogens (tertiary/aromatic N) is 4. The van der Waals surface area contributed by atoms with E-state index < -0.39 is 6.04 Å². The van der Waals surface area contributed by atoms with Crippen LogP contribution >= 0.6 is 0 Å². The average Bonchev–Trinajstić information content (AvgIpc) is 3.13. The number of carbonyl (C=O) groups is 1. The summed E-state index contributed by atoms with van der Waals surface area (Å²) in [7, 11) is 3.70. The van der Waals surface area contributed by atoms with Gasteiger partial charge in [0.05, 0.1) is 12.2 Å². The molecule has 4 rings (SSSR count). The first-order valence-corrected chi connectivity index (χ1v) is 9.14. The first-order valence-electron chi connectivity index (χ1n) is 9.14. The van der Waals surface area contributed by atoms with Crippen molar-refractivity contribution in [2.75, 3.05) is 14.1 Å². The van der Waals surface area contributed by atoms with Gasteiger partial charge in [-0.15, -0.1) is 0 Å². The molecule has 6 heteroatoms. The third-order valence-corrected chi connectivity index (χ3v) is 4.94. The SMILES string of the molecule is CN(C)C(C(=O)N1Cc2cnc(-c3ccccc3)nc2C1)c1ccc(F)cc1. The molecule has 2 heterocycles. The summed E-state index contributed by atoms with van der Waals surface area (Å²) in [5, 5.41) is 0. The van der Waals surface area contributed by atoms with Crippen molar-refractivity contribution in [1.29, 1.82) is 0 Å². The van der Waals surface area contributed by atoms with E-state index in [9.17, 15) is 9.18 Å². The summed E-state index contributed by atoms with van der Waals surface area (Å²) in [6.45, 7) is 0.927. The molecule has 0 spiro atoms. The van der Waals surface area contributed by atoms with Gasteiger partial charge in [-0.1, -0.05) is 42.5 Å². The first kappa shape index (κ1) is 18.3. The first-order chi connectivity index (χ1) is 13.5. The Morgan fingerprint density at radius 3 is 2.46 bits per heavy atom. The van der Waals surface area contributed by atoms with Crippen LogP contribution in [0.5, 0.6) is 0 Å². The third-order valence-electron chi connectivity index (χ3n) is 4.94. The number of rotatable bonds is 4. The van der Waals surface area contributed by atoms with Crippen LogP contribution in [0.2, 0.25) is 0 Å². The Morgan fingerprint density at radius 2 is 1.79 bits per heavy atom. The Kier molecular flexibility index (Phi) is 4.88. The Labute approximate surface area is 163 Å². The van der Waals surface area contributed by atoms with E-state index in [1.54, 1.807) is 23.2 Å². The summed E-state index contributed by atoms with van der Waals surface area (Å²) in [4.78, 5) is 26.0. The van der Waals surface area contributed by atoms with Crippen molar-refractivity contribution in [3.8, 4) is 11.4 Å². The molecule has 1 aromatic heterocycles. The van der Waals surface area contributed by atoms with Crippen LogP contribution < -0.4 is 0 Å². The smallest absolute Gasteiger partial charge is 0.245 e. The number of amides is 1. The van der Waals surface area contributed by atoms with E-state index in [2.05, 4.69) is 9.97 Å². The maximum atomic E-state index is 13.3. The highest BCUT2D eigenvalue weighted by atomic mass is 19.1. The van der Waals surface area contributed by atoms with Crippen molar-refractivity contribution < 1.29 is 9.18 Å². The maximum absolute atomic E-state index is 13.3. The minimum absolute atomic E-state index is 0.0316. The molecule has 0 fully saturated rings. The Balaban J connectivity index is 1.57. The van der Waals surface area contributed by atoms with Crippen molar-refractivity contribution in [3.63, 3.8) is 0 Å². The van der Waals surface area contributed by atoms with Crippen LogP contribution in [0, 0.1) is 5.82 Å². The summed E-state index contributed by atoms with van der Waals surface area (Å²) in [5.41, 5.74) is 3.56. The average molecular weight is 376 g/mol. The fourth-order valence-electron chi connectivity index (χ4n) is 3.52. The molecule has 0 saturated carbocycles. The minimum atomic E-state index is -0.475. The van der Waals surface area contributed by atoms with Crippen LogP contribution in [-0.2, 0) is 17.9 Å². The second-order valence-corrected chi connectivity index (χ2v) is 7.14. The van der Waals surface area contributed by atoms with Gasteiger partial charge < -0.3 is 4.90 Å². The van der Waals surface area contributed by atoms with Gasteiger partial charge in [0.2, 0.25) is 5.91 Å². The lowest BCUT2D eigenvalue weighted by Crippen LogP contribution is -2.37. The molecule has 0 radical (unpaired) electrons. The van der Waals surface area contributed by atoms with Gasteiger partial charge in [0.25, 0.3) is 0 Å². The molecule has 0 N–H and O–H groups in total. The van der Waals surface area contributed by atoms with Crippen LogP contribution in [0.25, 0.3) is 11.4 Å². The van der Waals surface area contributed by atoms with Crippen LogP contribution in [0.3, 0.4) is 0 Å². The molecule has 0 saturated heterocycles. The normalized spacial score (nSPS) is 14.2. The van der Waals surface area contributed by atoms with Gasteiger partial charge in [0.1, 0.15) is 11.9 Å². The highest BCUT2D eigenvalue weighted by molar-refractivity contribution is 5.83. The van der Waals surface area contributed by atoms with E-state index in [1.807, 2.05) is 49.3 Å². The lowest BCUT2D eigenvalue weighted by Gasteiger charge is -2.28. The molecular weight excluding hydrogens is 355 g/mol. The van der Waals surface area contributed by atoms with Crippen LogP contribution in [0.4, 0.5) is 4.39 Å². The second kappa shape index (κ2) is 7.48. The lowest BCUT2D eigenvalue weighted by atomic mass is 10.0. The molecular formula is C22H21FN4O. The highest BCUT2D eigenvalue weighted by Crippen LogP contribution is 2.28. The van der Waals surface area contributed by atoms with Gasteiger partial charge in [-0.3, -0.25) is 9.69 Å². The maximum Gasteiger partial charge on any atom is 0.245 e. The molecule has 1 amide bonds. The van der Waals surface area contributed by atoms with Crippen molar-refractivity contribution in [2.24, 2.45) is 0 Å². The Hall–Kier alpha value is -3.12. The lowest BCUT2D eigenvalue weighted by molar-refractivity contribution is -0.137. The molecule has 28 heavy (non-hydrogen) atoms. The van der Waals surface area contributed by atoms with Gasteiger partial charge in [0, 0.05) is 23.9 Å². The van der Waals surface area contributed by atoms with Gasteiger partial charge in [0.15, 0.2) is 5.82 Å². The molecule has 0 bridgehead atoms. The third kappa shape index (κ3) is 3.51. The summed E-state index contributed by atoms with van der Waals surface area (Å²) in [6, 6.07) is 15.4. The molecule has 2 aromatic carbocycles. The van der Waals surface area contributed by atoms with Crippen molar-refractivity contribution >= 4 is 5.91 Å². The molecule has 3 aromatic rings. The monoisotopic (exact) mass is 376 g/mol. The fourth-order valence-corrected chi connectivity index (χ4v) is 3.52. The number of halogens is 1. The van der Waals surface area contributed by atoms with Crippen molar-refractivity contribution in [3.05, 3.63) is 83.4 Å². The van der Waals surface area contributed by atoms with E-state index in [0.29, 0.717) is 18.9 Å². The van der Waals surface area contributed by atoms with Crippen LogP contribution in [0.1, 0.15) is 22.9 Å². The van der Waals surface area contributed by atoms with Crippen LogP contribution in [0.15, 0.2) is 60.8 Å². The standard InChI is InChI=1S/C22H21FN4O/c1-26(2)20(15-8-10-18(23)11-9-15)22(28)27-13-17-12-24-21(25-19(17)14-27)16-6-4-3-5-7-16/h3-12,20H,13-14H2,1-2H3. The fraction of sp³-hybridized carbons (Fsp3) is 0.227. The van der Waals surface area contributed by atoms with Gasteiger partial charge in [-0.25, -0.2) is 14.4 Å². The minimum Gasteiger partial charge on any atom is -0.331 e. The molecule has 1 aliphatic heterocycles. The van der Waals surface area contributed by atoms with E-state index >= 15 is 0 Å². The van der Waals surface area contributed by atoms with E-state index in [4.69, 9.17) is 0 Å². The number of hydrogen-bond donors (Lipinski definition) is 0. The quantitative estimate of drug-likeness (QED) is 0.700. The van der Waals surface area contributed by atoms with E-state index in [-0.39, 0.29) is 11.7 Å². The van der Waals surface area contributed by atoms with Gasteiger partial charge >= 0.3 is 0 Å². The number of carbonyl (C=O) groups excluding carboxylic acids is 1. The molecule has 142 valence electrons. The number of aromatic nitrogens is 2. The zero-order valence-corrected chi connectivity index (χ0v) is 15.8. The topological polar surface area (TPSA) is 49.3 Å².